The Morgan fingerprint density at radius 1 is 1.31 bits per heavy atom. The Hall–Kier alpha value is -2.67. The Morgan fingerprint density at radius 2 is 2.03 bits per heavy atom. The van der Waals surface area contributed by atoms with Gasteiger partial charge in [0.2, 0.25) is 5.91 Å². The zero-order chi connectivity index (χ0) is 21.3. The maximum atomic E-state index is 13.7. The highest BCUT2D eigenvalue weighted by Gasteiger charge is 2.26. The van der Waals surface area contributed by atoms with Crippen molar-refractivity contribution in [1.29, 1.82) is 0 Å². The van der Waals surface area contributed by atoms with E-state index in [4.69, 9.17) is 15.5 Å². The molecular formula is C22H27N3O3S. The first kappa shape index (κ1) is 21.0. The standard InChI is InChI=1S/C22H27N3O3S/c1-6-8-17-24-21-19(22(27)25(17)15(7-2)20(23)26)18(13(4)29-21)14-11-12(3)9-10-16(14)28-5/h9-11,15H,6-8H2,1-5H3,(H2,23,26). The molecule has 0 spiro atoms. The lowest BCUT2D eigenvalue weighted by atomic mass is 10.0. The van der Waals surface area contributed by atoms with Gasteiger partial charge in [0, 0.05) is 22.4 Å². The van der Waals surface area contributed by atoms with Crippen molar-refractivity contribution in [2.45, 2.75) is 53.0 Å². The van der Waals surface area contributed by atoms with Gasteiger partial charge >= 0.3 is 0 Å². The van der Waals surface area contributed by atoms with E-state index in [-0.39, 0.29) is 5.56 Å². The number of nitrogens with zero attached hydrogens (tertiary/aromatic N) is 2. The zero-order valence-electron chi connectivity index (χ0n) is 17.5. The van der Waals surface area contributed by atoms with Gasteiger partial charge in [0.15, 0.2) is 0 Å². The number of methoxy groups -OCH3 is 1. The number of hydrogen-bond acceptors (Lipinski definition) is 5. The molecule has 1 aromatic carbocycles. The van der Waals surface area contributed by atoms with Gasteiger partial charge in [-0.1, -0.05) is 25.5 Å². The van der Waals surface area contributed by atoms with Crippen molar-refractivity contribution >= 4 is 27.5 Å². The number of hydrogen-bond donors (Lipinski definition) is 1. The van der Waals surface area contributed by atoms with Crippen molar-refractivity contribution in [3.05, 3.63) is 44.8 Å². The number of aryl methyl sites for hydroxylation is 3. The Balaban J connectivity index is 2.44. The quantitative estimate of drug-likeness (QED) is 0.631. The van der Waals surface area contributed by atoms with Gasteiger partial charge in [-0.05, 0) is 38.8 Å². The second kappa shape index (κ2) is 8.37. The number of carbonyl (C=O) groups is 1. The molecule has 1 atom stereocenters. The van der Waals surface area contributed by atoms with E-state index >= 15 is 0 Å². The lowest BCUT2D eigenvalue weighted by molar-refractivity contribution is -0.121. The normalized spacial score (nSPS) is 12.3. The number of carbonyl (C=O) groups excluding carboxylic acids is 1. The molecule has 0 bridgehead atoms. The number of primary amides is 1. The smallest absolute Gasteiger partial charge is 0.263 e. The SMILES string of the molecule is CCCc1nc2sc(C)c(-c3cc(C)ccc3OC)c2c(=O)n1C(CC)C(N)=O. The molecule has 6 nitrogen and oxygen atoms in total. The van der Waals surface area contributed by atoms with Gasteiger partial charge < -0.3 is 10.5 Å². The average Bonchev–Trinajstić information content (AvgIpc) is 3.00. The maximum Gasteiger partial charge on any atom is 0.263 e. The molecule has 0 fully saturated rings. The van der Waals surface area contributed by atoms with Crippen LogP contribution in [0, 0.1) is 13.8 Å². The Morgan fingerprint density at radius 3 is 2.62 bits per heavy atom. The second-order valence-corrected chi connectivity index (χ2v) is 8.40. The summed E-state index contributed by atoms with van der Waals surface area (Å²) in [7, 11) is 1.62. The van der Waals surface area contributed by atoms with E-state index < -0.39 is 11.9 Å². The largest absolute Gasteiger partial charge is 0.496 e. The predicted octanol–water partition coefficient (Wildman–Crippen LogP) is 4.14. The third-order valence-corrected chi connectivity index (χ3v) is 6.13. The van der Waals surface area contributed by atoms with E-state index in [9.17, 15) is 9.59 Å². The summed E-state index contributed by atoms with van der Waals surface area (Å²) >= 11 is 1.49. The van der Waals surface area contributed by atoms with Gasteiger partial charge in [0.05, 0.1) is 12.5 Å². The summed E-state index contributed by atoms with van der Waals surface area (Å²) in [5.74, 6) is 0.790. The van der Waals surface area contributed by atoms with Gasteiger partial charge in [0.1, 0.15) is 22.4 Å². The molecule has 0 aliphatic rings. The number of amides is 1. The summed E-state index contributed by atoms with van der Waals surface area (Å²) in [6.07, 6.45) is 1.86. The highest BCUT2D eigenvalue weighted by Crippen LogP contribution is 2.41. The minimum atomic E-state index is -0.714. The molecule has 0 aliphatic heterocycles. The summed E-state index contributed by atoms with van der Waals surface area (Å²) in [5.41, 5.74) is 8.16. The van der Waals surface area contributed by atoms with Crippen LogP contribution in [0.5, 0.6) is 5.75 Å². The van der Waals surface area contributed by atoms with Gasteiger partial charge in [-0.3, -0.25) is 14.2 Å². The summed E-state index contributed by atoms with van der Waals surface area (Å²) in [5, 5.41) is 0.524. The van der Waals surface area contributed by atoms with Crippen molar-refractivity contribution in [3.8, 4) is 16.9 Å². The van der Waals surface area contributed by atoms with Crippen molar-refractivity contribution < 1.29 is 9.53 Å². The molecule has 0 radical (unpaired) electrons. The Kier molecular flexibility index (Phi) is 6.07. The number of rotatable bonds is 7. The molecule has 2 heterocycles. The van der Waals surface area contributed by atoms with Crippen LogP contribution in [-0.2, 0) is 11.2 Å². The molecular weight excluding hydrogens is 386 g/mol. The predicted molar refractivity (Wildman–Crippen MR) is 118 cm³/mol. The number of aromatic nitrogens is 2. The Bertz CT molecular complexity index is 1130. The fourth-order valence-electron chi connectivity index (χ4n) is 3.79. The summed E-state index contributed by atoms with van der Waals surface area (Å²) < 4.78 is 7.07. The van der Waals surface area contributed by atoms with Crippen molar-refractivity contribution in [3.63, 3.8) is 0 Å². The van der Waals surface area contributed by atoms with Gasteiger partial charge in [-0.15, -0.1) is 11.3 Å². The topological polar surface area (TPSA) is 87.2 Å². The molecule has 2 N–H and O–H groups in total. The second-order valence-electron chi connectivity index (χ2n) is 7.20. The van der Waals surface area contributed by atoms with Crippen molar-refractivity contribution in [2.24, 2.45) is 5.73 Å². The molecule has 0 saturated heterocycles. The number of ether oxygens (including phenoxy) is 1. The van der Waals surface area contributed by atoms with E-state index in [1.54, 1.807) is 7.11 Å². The number of fused-ring (bicyclic) bond motifs is 1. The minimum absolute atomic E-state index is 0.216. The van der Waals surface area contributed by atoms with E-state index in [2.05, 4.69) is 0 Å². The monoisotopic (exact) mass is 413 g/mol. The highest BCUT2D eigenvalue weighted by atomic mass is 32.1. The molecule has 1 unspecified atom stereocenters. The molecule has 3 rings (SSSR count). The van der Waals surface area contributed by atoms with Crippen LogP contribution in [-0.4, -0.2) is 22.6 Å². The molecule has 0 aliphatic carbocycles. The molecule has 2 aromatic heterocycles. The van der Waals surface area contributed by atoms with Crippen LogP contribution in [0.15, 0.2) is 23.0 Å². The van der Waals surface area contributed by atoms with Crippen LogP contribution < -0.4 is 16.0 Å². The number of benzene rings is 1. The fraction of sp³-hybridized carbons (Fsp3) is 0.409. The van der Waals surface area contributed by atoms with E-state index in [0.717, 1.165) is 28.0 Å². The van der Waals surface area contributed by atoms with Crippen LogP contribution in [0.25, 0.3) is 21.3 Å². The molecule has 7 heteroatoms. The number of nitrogens with two attached hydrogens (primary N) is 1. The summed E-state index contributed by atoms with van der Waals surface area (Å²) in [4.78, 5) is 32.3. The van der Waals surface area contributed by atoms with Crippen LogP contribution in [0.3, 0.4) is 0 Å². The average molecular weight is 414 g/mol. The van der Waals surface area contributed by atoms with E-state index in [1.807, 2.05) is 45.9 Å². The fourth-order valence-corrected chi connectivity index (χ4v) is 4.84. The molecule has 29 heavy (non-hydrogen) atoms. The van der Waals surface area contributed by atoms with Crippen LogP contribution >= 0.6 is 11.3 Å². The van der Waals surface area contributed by atoms with Gasteiger partial charge in [0.25, 0.3) is 5.56 Å². The lowest BCUT2D eigenvalue weighted by Gasteiger charge is -2.19. The third kappa shape index (κ3) is 3.67. The van der Waals surface area contributed by atoms with E-state index in [1.165, 1.54) is 15.9 Å². The third-order valence-electron chi connectivity index (χ3n) is 5.13. The first-order chi connectivity index (χ1) is 13.8. The van der Waals surface area contributed by atoms with Gasteiger partial charge in [-0.2, -0.15) is 0 Å². The first-order valence-corrected chi connectivity index (χ1v) is 10.6. The Labute approximate surface area is 174 Å². The van der Waals surface area contributed by atoms with E-state index in [0.29, 0.717) is 34.6 Å². The summed E-state index contributed by atoms with van der Waals surface area (Å²) in [6, 6.07) is 5.18. The molecule has 0 saturated carbocycles. The van der Waals surface area contributed by atoms with Gasteiger partial charge in [-0.25, -0.2) is 4.98 Å². The molecule has 1 amide bonds. The van der Waals surface area contributed by atoms with Crippen molar-refractivity contribution in [1.82, 2.24) is 9.55 Å². The van der Waals surface area contributed by atoms with Crippen molar-refractivity contribution in [2.75, 3.05) is 7.11 Å². The lowest BCUT2D eigenvalue weighted by Crippen LogP contribution is -2.36. The van der Waals surface area contributed by atoms with Crippen LogP contribution in [0.1, 0.15) is 49.0 Å². The zero-order valence-corrected chi connectivity index (χ0v) is 18.4. The van der Waals surface area contributed by atoms with Crippen LogP contribution in [0.4, 0.5) is 0 Å². The first-order valence-electron chi connectivity index (χ1n) is 9.82. The minimum Gasteiger partial charge on any atom is -0.496 e. The highest BCUT2D eigenvalue weighted by molar-refractivity contribution is 7.19. The summed E-state index contributed by atoms with van der Waals surface area (Å²) in [6.45, 7) is 7.86. The van der Waals surface area contributed by atoms with Crippen LogP contribution in [0.2, 0.25) is 0 Å². The number of thiophene rings is 1. The maximum absolute atomic E-state index is 13.7. The molecule has 154 valence electrons. The molecule has 3 aromatic rings.